The van der Waals surface area contributed by atoms with Crippen LogP contribution in [0.4, 0.5) is 5.69 Å². The molecule has 1 saturated heterocycles. The van der Waals surface area contributed by atoms with Gasteiger partial charge >= 0.3 is 0 Å². The molecular weight excluding hydrogens is 222 g/mol. The van der Waals surface area contributed by atoms with Crippen LogP contribution in [0.15, 0.2) is 24.3 Å². The van der Waals surface area contributed by atoms with Crippen LogP contribution in [0.1, 0.15) is 31.9 Å². The van der Waals surface area contributed by atoms with Crippen molar-refractivity contribution in [1.82, 2.24) is 4.90 Å². The Morgan fingerprint density at radius 3 is 2.44 bits per heavy atom. The second kappa shape index (κ2) is 6.21. The van der Waals surface area contributed by atoms with Crippen LogP contribution in [0, 0.1) is 0 Å². The molecule has 0 unspecified atom stereocenters. The molecule has 1 fully saturated rings. The standard InChI is InChI=1S/C15H25N3/c1-3-8-17-9-11-18(12-10-17)15-7-5-4-6-14(15)13(2)16/h4-7,13H,3,8-12,16H2,1-2H3/t13-/m0/s1. The molecule has 1 aromatic carbocycles. The molecule has 0 amide bonds. The van der Waals surface area contributed by atoms with Gasteiger partial charge in [0.1, 0.15) is 0 Å². The predicted molar refractivity (Wildman–Crippen MR) is 78.0 cm³/mol. The van der Waals surface area contributed by atoms with Crippen LogP contribution in [0.3, 0.4) is 0 Å². The number of benzene rings is 1. The largest absolute Gasteiger partial charge is 0.369 e. The Balaban J connectivity index is 2.05. The smallest absolute Gasteiger partial charge is 0.0415 e. The van der Waals surface area contributed by atoms with Gasteiger partial charge in [0.15, 0.2) is 0 Å². The molecule has 0 bridgehead atoms. The van der Waals surface area contributed by atoms with E-state index in [1.165, 1.54) is 37.3 Å². The van der Waals surface area contributed by atoms with Gasteiger partial charge in [0.05, 0.1) is 0 Å². The number of hydrogen-bond acceptors (Lipinski definition) is 3. The summed E-state index contributed by atoms with van der Waals surface area (Å²) in [6, 6.07) is 8.65. The van der Waals surface area contributed by atoms with Crippen LogP contribution in [-0.4, -0.2) is 37.6 Å². The minimum absolute atomic E-state index is 0.106. The van der Waals surface area contributed by atoms with Gasteiger partial charge in [-0.15, -0.1) is 0 Å². The molecule has 0 spiro atoms. The molecule has 1 aromatic rings. The minimum Gasteiger partial charge on any atom is -0.369 e. The summed E-state index contributed by atoms with van der Waals surface area (Å²) in [6.45, 7) is 10.1. The van der Waals surface area contributed by atoms with Crippen LogP contribution in [0.25, 0.3) is 0 Å². The topological polar surface area (TPSA) is 32.5 Å². The second-order valence-corrected chi connectivity index (χ2v) is 5.18. The highest BCUT2D eigenvalue weighted by Crippen LogP contribution is 2.25. The fraction of sp³-hybridized carbons (Fsp3) is 0.600. The van der Waals surface area contributed by atoms with Crippen molar-refractivity contribution in [2.75, 3.05) is 37.6 Å². The van der Waals surface area contributed by atoms with Crippen LogP contribution >= 0.6 is 0 Å². The summed E-state index contributed by atoms with van der Waals surface area (Å²) in [6.07, 6.45) is 1.25. The Hall–Kier alpha value is -1.06. The zero-order valence-corrected chi connectivity index (χ0v) is 11.6. The van der Waals surface area contributed by atoms with Crippen molar-refractivity contribution >= 4 is 5.69 Å². The van der Waals surface area contributed by atoms with Crippen LogP contribution in [0.2, 0.25) is 0 Å². The van der Waals surface area contributed by atoms with Crippen LogP contribution < -0.4 is 10.6 Å². The van der Waals surface area contributed by atoms with Gasteiger partial charge in [-0.25, -0.2) is 0 Å². The van der Waals surface area contributed by atoms with E-state index in [2.05, 4.69) is 47.9 Å². The van der Waals surface area contributed by atoms with E-state index < -0.39 is 0 Å². The number of anilines is 1. The summed E-state index contributed by atoms with van der Waals surface area (Å²) in [5.41, 5.74) is 8.65. The highest BCUT2D eigenvalue weighted by atomic mass is 15.3. The lowest BCUT2D eigenvalue weighted by molar-refractivity contribution is 0.258. The molecule has 1 atom stereocenters. The van der Waals surface area contributed by atoms with Gasteiger partial charge in [0.2, 0.25) is 0 Å². The Bertz CT molecular complexity index is 368. The minimum atomic E-state index is 0.106. The summed E-state index contributed by atoms with van der Waals surface area (Å²) in [5.74, 6) is 0. The Morgan fingerprint density at radius 2 is 1.83 bits per heavy atom. The average Bonchev–Trinajstić information content (AvgIpc) is 2.40. The third kappa shape index (κ3) is 3.03. The number of rotatable bonds is 4. The van der Waals surface area contributed by atoms with Gasteiger partial charge in [-0.05, 0) is 31.5 Å². The molecule has 2 N–H and O–H groups in total. The number of nitrogens with zero attached hydrogens (tertiary/aromatic N) is 2. The van der Waals surface area contributed by atoms with Gasteiger partial charge in [-0.3, -0.25) is 4.90 Å². The second-order valence-electron chi connectivity index (χ2n) is 5.18. The molecule has 0 saturated carbocycles. The van der Waals surface area contributed by atoms with E-state index in [0.29, 0.717) is 0 Å². The van der Waals surface area contributed by atoms with E-state index in [4.69, 9.17) is 5.73 Å². The first-order valence-corrected chi connectivity index (χ1v) is 7.04. The van der Waals surface area contributed by atoms with Crippen molar-refractivity contribution in [1.29, 1.82) is 0 Å². The maximum Gasteiger partial charge on any atom is 0.0415 e. The van der Waals surface area contributed by atoms with Crippen molar-refractivity contribution in [2.24, 2.45) is 5.73 Å². The van der Waals surface area contributed by atoms with E-state index in [0.717, 1.165) is 13.1 Å². The summed E-state index contributed by atoms with van der Waals surface area (Å²) in [5, 5.41) is 0. The summed E-state index contributed by atoms with van der Waals surface area (Å²) in [7, 11) is 0. The van der Waals surface area contributed by atoms with Crippen molar-refractivity contribution in [3.8, 4) is 0 Å². The van der Waals surface area contributed by atoms with Crippen LogP contribution in [0.5, 0.6) is 0 Å². The van der Waals surface area contributed by atoms with E-state index in [1.807, 2.05) is 0 Å². The third-order valence-corrected chi connectivity index (χ3v) is 3.68. The van der Waals surface area contributed by atoms with Gasteiger partial charge in [0.25, 0.3) is 0 Å². The molecule has 0 aliphatic carbocycles. The molecule has 100 valence electrons. The van der Waals surface area contributed by atoms with Crippen molar-refractivity contribution < 1.29 is 0 Å². The molecule has 0 aromatic heterocycles. The average molecular weight is 247 g/mol. The first-order valence-electron chi connectivity index (χ1n) is 7.04. The monoisotopic (exact) mass is 247 g/mol. The van der Waals surface area contributed by atoms with Crippen molar-refractivity contribution in [2.45, 2.75) is 26.3 Å². The highest BCUT2D eigenvalue weighted by Gasteiger charge is 2.19. The predicted octanol–water partition coefficient (Wildman–Crippen LogP) is 2.24. The molecule has 3 heteroatoms. The number of piperazine rings is 1. The summed E-state index contributed by atoms with van der Waals surface area (Å²) in [4.78, 5) is 5.02. The molecule has 18 heavy (non-hydrogen) atoms. The Labute approximate surface area is 111 Å². The van der Waals surface area contributed by atoms with E-state index >= 15 is 0 Å². The van der Waals surface area contributed by atoms with E-state index in [9.17, 15) is 0 Å². The van der Waals surface area contributed by atoms with Crippen LogP contribution in [-0.2, 0) is 0 Å². The fourth-order valence-corrected chi connectivity index (χ4v) is 2.69. The lowest BCUT2D eigenvalue weighted by Gasteiger charge is -2.37. The fourth-order valence-electron chi connectivity index (χ4n) is 2.69. The van der Waals surface area contributed by atoms with Gasteiger partial charge in [-0.2, -0.15) is 0 Å². The maximum absolute atomic E-state index is 6.06. The Kier molecular flexibility index (Phi) is 4.61. The zero-order valence-electron chi connectivity index (χ0n) is 11.6. The van der Waals surface area contributed by atoms with Gasteiger partial charge in [0, 0.05) is 37.9 Å². The lowest BCUT2D eigenvalue weighted by Crippen LogP contribution is -2.46. The quantitative estimate of drug-likeness (QED) is 0.885. The molecule has 1 heterocycles. The van der Waals surface area contributed by atoms with Crippen molar-refractivity contribution in [3.05, 3.63) is 29.8 Å². The SMILES string of the molecule is CCCN1CCN(c2ccccc2[C@H](C)N)CC1. The first kappa shape index (κ1) is 13.4. The number of nitrogens with two attached hydrogens (primary N) is 1. The first-order chi connectivity index (χ1) is 8.72. The summed E-state index contributed by atoms with van der Waals surface area (Å²) >= 11 is 0. The van der Waals surface area contributed by atoms with E-state index in [-0.39, 0.29) is 6.04 Å². The molecule has 0 radical (unpaired) electrons. The molecule has 1 aliphatic rings. The molecular formula is C15H25N3. The molecule has 1 aliphatic heterocycles. The van der Waals surface area contributed by atoms with Gasteiger partial charge < -0.3 is 10.6 Å². The van der Waals surface area contributed by atoms with Gasteiger partial charge in [-0.1, -0.05) is 25.1 Å². The third-order valence-electron chi connectivity index (χ3n) is 3.68. The molecule has 2 rings (SSSR count). The Morgan fingerprint density at radius 1 is 1.17 bits per heavy atom. The van der Waals surface area contributed by atoms with E-state index in [1.54, 1.807) is 0 Å². The number of hydrogen-bond donors (Lipinski definition) is 1. The highest BCUT2D eigenvalue weighted by molar-refractivity contribution is 5.55. The normalized spacial score (nSPS) is 18.9. The maximum atomic E-state index is 6.06. The lowest BCUT2D eigenvalue weighted by atomic mass is 10.1. The van der Waals surface area contributed by atoms with Crippen molar-refractivity contribution in [3.63, 3.8) is 0 Å². The molecule has 3 nitrogen and oxygen atoms in total. The summed E-state index contributed by atoms with van der Waals surface area (Å²) < 4.78 is 0. The number of para-hydroxylation sites is 1. The zero-order chi connectivity index (χ0) is 13.0.